The minimum Gasteiger partial charge on any atom is -0.481 e. The SMILES string of the molecule is COc1cc(-c2ccc3c(c2CC(=O)Cl)CCC3)ccn1.COc1cc(-c2ccc3c(c2CC(=O)NCC(N)=S)CCC3)ccn1. The number of ether oxygens (including phenoxy) is 2. The van der Waals surface area contributed by atoms with Crippen LogP contribution in [0.15, 0.2) is 60.9 Å². The van der Waals surface area contributed by atoms with Gasteiger partial charge in [-0.15, -0.1) is 0 Å². The average molecular weight is 657 g/mol. The maximum atomic E-state index is 12.4. The molecule has 0 radical (unpaired) electrons. The van der Waals surface area contributed by atoms with Crippen LogP contribution in [-0.2, 0) is 48.1 Å². The number of nitrogens with one attached hydrogen (secondary N) is 1. The summed E-state index contributed by atoms with van der Waals surface area (Å²) in [5, 5.41) is 2.46. The van der Waals surface area contributed by atoms with Crippen LogP contribution in [0.3, 0.4) is 0 Å². The lowest BCUT2D eigenvalue weighted by molar-refractivity contribution is -0.120. The predicted octanol–water partition coefficient (Wildman–Crippen LogP) is 5.74. The van der Waals surface area contributed by atoms with Crippen molar-refractivity contribution in [1.82, 2.24) is 15.3 Å². The van der Waals surface area contributed by atoms with E-state index in [4.69, 9.17) is 39.0 Å². The van der Waals surface area contributed by atoms with E-state index in [1.165, 1.54) is 22.3 Å². The first-order valence-corrected chi connectivity index (χ1v) is 16.1. The van der Waals surface area contributed by atoms with Crippen LogP contribution >= 0.6 is 23.8 Å². The molecule has 4 aromatic rings. The third-order valence-electron chi connectivity index (χ3n) is 8.43. The highest BCUT2D eigenvalue weighted by Crippen LogP contribution is 2.36. The number of thiocarbonyl (C=S) groups is 1. The fraction of sp³-hybridized carbons (Fsp3) is 0.306. The van der Waals surface area contributed by atoms with Gasteiger partial charge in [-0.3, -0.25) is 9.59 Å². The molecule has 0 bridgehead atoms. The van der Waals surface area contributed by atoms with E-state index in [1.807, 2.05) is 24.3 Å². The zero-order chi connectivity index (χ0) is 32.6. The van der Waals surface area contributed by atoms with Gasteiger partial charge in [-0.05, 0) is 118 Å². The molecule has 0 saturated carbocycles. The van der Waals surface area contributed by atoms with Gasteiger partial charge in [-0.1, -0.05) is 36.5 Å². The van der Waals surface area contributed by atoms with Crippen LogP contribution in [0.25, 0.3) is 22.3 Å². The van der Waals surface area contributed by atoms with E-state index in [1.54, 1.807) is 26.6 Å². The van der Waals surface area contributed by atoms with Crippen LogP contribution in [0.4, 0.5) is 0 Å². The van der Waals surface area contributed by atoms with Crippen molar-refractivity contribution in [1.29, 1.82) is 0 Å². The number of aromatic nitrogens is 2. The van der Waals surface area contributed by atoms with Crippen molar-refractivity contribution >= 4 is 40.0 Å². The molecular weight excluding hydrogens is 620 g/mol. The quantitative estimate of drug-likeness (QED) is 0.164. The van der Waals surface area contributed by atoms with Gasteiger partial charge in [-0.2, -0.15) is 0 Å². The van der Waals surface area contributed by atoms with Gasteiger partial charge < -0.3 is 20.5 Å². The van der Waals surface area contributed by atoms with Gasteiger partial charge in [0.25, 0.3) is 0 Å². The monoisotopic (exact) mass is 656 g/mol. The van der Waals surface area contributed by atoms with E-state index in [2.05, 4.69) is 39.6 Å². The molecule has 0 atom stereocenters. The molecule has 3 N–H and O–H groups in total. The maximum Gasteiger partial charge on any atom is 0.226 e. The number of halogens is 1. The number of aryl methyl sites for hydroxylation is 2. The van der Waals surface area contributed by atoms with Crippen molar-refractivity contribution < 1.29 is 19.1 Å². The maximum absolute atomic E-state index is 12.4. The molecule has 46 heavy (non-hydrogen) atoms. The summed E-state index contributed by atoms with van der Waals surface area (Å²) in [5.74, 6) is 1.05. The van der Waals surface area contributed by atoms with Crippen LogP contribution < -0.4 is 20.5 Å². The summed E-state index contributed by atoms with van der Waals surface area (Å²) in [6, 6.07) is 16.2. The fourth-order valence-corrected chi connectivity index (χ4v) is 6.56. The number of hydrogen-bond acceptors (Lipinski definition) is 7. The van der Waals surface area contributed by atoms with Crippen LogP contribution in [0.1, 0.15) is 46.2 Å². The average Bonchev–Trinajstić information content (AvgIpc) is 3.75. The van der Waals surface area contributed by atoms with Crippen LogP contribution in [-0.4, -0.2) is 46.9 Å². The summed E-state index contributed by atoms with van der Waals surface area (Å²) in [6.45, 7) is 0.224. The van der Waals surface area contributed by atoms with Crippen LogP contribution in [0, 0.1) is 0 Å². The molecular formula is C36H37ClN4O4S. The van der Waals surface area contributed by atoms with Crippen molar-refractivity contribution in [3.8, 4) is 34.0 Å². The number of methoxy groups -OCH3 is 2. The second kappa shape index (κ2) is 15.3. The van der Waals surface area contributed by atoms with Crippen LogP contribution in [0.2, 0.25) is 0 Å². The number of amides is 1. The van der Waals surface area contributed by atoms with Crippen molar-refractivity contribution in [2.45, 2.75) is 51.4 Å². The molecule has 2 heterocycles. The van der Waals surface area contributed by atoms with Gasteiger partial charge in [0.1, 0.15) is 0 Å². The number of pyridine rings is 2. The lowest BCUT2D eigenvalue weighted by Gasteiger charge is -2.15. The molecule has 0 unspecified atom stereocenters. The molecule has 10 heteroatoms. The minimum absolute atomic E-state index is 0.0737. The standard InChI is InChI=1S/C19H21N3O2S.C17H16ClNO2/c1-24-19-9-13(7-8-21-19)15-6-5-12-3-2-4-14(12)16(15)10-18(23)22-11-17(20)25;1-21-17-9-12(7-8-19-17)14-6-5-11-3-2-4-13(11)15(14)10-16(18)20/h5-9H,2-4,10-11H2,1H3,(H2,20,25)(H,22,23);5-9H,2-4,10H2,1H3. The Morgan fingerprint density at radius 2 is 1.30 bits per heavy atom. The second-order valence-corrected chi connectivity index (χ2v) is 12.2. The minimum atomic E-state index is -0.322. The van der Waals surface area contributed by atoms with Gasteiger partial charge in [0, 0.05) is 30.9 Å². The third-order valence-corrected chi connectivity index (χ3v) is 8.70. The highest BCUT2D eigenvalue weighted by atomic mass is 35.5. The van der Waals surface area contributed by atoms with Crippen molar-refractivity contribution in [2.75, 3.05) is 20.8 Å². The lowest BCUT2D eigenvalue weighted by atomic mass is 9.91. The topological polar surface area (TPSA) is 116 Å². The number of rotatable bonds is 10. The lowest BCUT2D eigenvalue weighted by Crippen LogP contribution is -2.33. The van der Waals surface area contributed by atoms with Gasteiger partial charge in [0.2, 0.25) is 22.9 Å². The molecule has 2 aliphatic carbocycles. The number of carbonyl (C=O) groups is 2. The smallest absolute Gasteiger partial charge is 0.226 e. The molecule has 2 aliphatic rings. The summed E-state index contributed by atoms with van der Waals surface area (Å²) in [5.41, 5.74) is 17.0. The summed E-state index contributed by atoms with van der Waals surface area (Å²) in [6.07, 6.45) is 10.5. The second-order valence-electron chi connectivity index (χ2n) is 11.3. The van der Waals surface area contributed by atoms with E-state index in [0.29, 0.717) is 18.2 Å². The Morgan fingerprint density at radius 3 is 1.76 bits per heavy atom. The number of benzene rings is 2. The third kappa shape index (κ3) is 7.89. The first-order valence-electron chi connectivity index (χ1n) is 15.3. The molecule has 8 nitrogen and oxygen atoms in total. The number of hydrogen-bond donors (Lipinski definition) is 2. The zero-order valence-electron chi connectivity index (χ0n) is 26.0. The number of fused-ring (bicyclic) bond motifs is 2. The fourth-order valence-electron chi connectivity index (χ4n) is 6.36. The molecule has 2 aromatic heterocycles. The Kier molecular flexibility index (Phi) is 11.0. The van der Waals surface area contributed by atoms with Gasteiger partial charge in [0.05, 0.1) is 32.2 Å². The Hall–Kier alpha value is -4.34. The largest absolute Gasteiger partial charge is 0.481 e. The first kappa shape index (κ1) is 33.0. The van der Waals surface area contributed by atoms with E-state index >= 15 is 0 Å². The van der Waals surface area contributed by atoms with Gasteiger partial charge in [-0.25, -0.2) is 9.97 Å². The van der Waals surface area contributed by atoms with Gasteiger partial charge in [0.15, 0.2) is 0 Å². The summed E-state index contributed by atoms with van der Waals surface area (Å²) in [4.78, 5) is 32.4. The van der Waals surface area contributed by atoms with Crippen molar-refractivity contribution in [3.05, 3.63) is 94.3 Å². The van der Waals surface area contributed by atoms with E-state index in [-0.39, 0.29) is 29.1 Å². The molecule has 6 rings (SSSR count). The van der Waals surface area contributed by atoms with Gasteiger partial charge >= 0.3 is 0 Å². The Labute approximate surface area is 279 Å². The Bertz CT molecular complexity index is 1780. The summed E-state index contributed by atoms with van der Waals surface area (Å²) >= 11 is 10.5. The highest BCUT2D eigenvalue weighted by Gasteiger charge is 2.22. The normalized spacial score (nSPS) is 12.8. The zero-order valence-corrected chi connectivity index (χ0v) is 27.6. The molecule has 0 spiro atoms. The molecule has 1 amide bonds. The summed E-state index contributed by atoms with van der Waals surface area (Å²) in [7, 11) is 3.19. The number of nitrogens with two attached hydrogens (primary N) is 1. The molecule has 2 aromatic carbocycles. The number of carbonyl (C=O) groups excluding carboxylic acids is 2. The molecule has 0 fully saturated rings. The number of nitrogens with zero attached hydrogens (tertiary/aromatic N) is 2. The van der Waals surface area contributed by atoms with E-state index < -0.39 is 0 Å². The van der Waals surface area contributed by atoms with E-state index in [9.17, 15) is 9.59 Å². The molecule has 0 saturated heterocycles. The van der Waals surface area contributed by atoms with Crippen molar-refractivity contribution in [3.63, 3.8) is 0 Å². The van der Waals surface area contributed by atoms with Crippen LogP contribution in [0.5, 0.6) is 11.8 Å². The molecule has 238 valence electrons. The Morgan fingerprint density at radius 1 is 0.804 bits per heavy atom. The van der Waals surface area contributed by atoms with Crippen molar-refractivity contribution in [2.24, 2.45) is 5.73 Å². The first-order chi connectivity index (χ1) is 22.3. The van der Waals surface area contributed by atoms with E-state index in [0.717, 1.165) is 71.9 Å². The highest BCUT2D eigenvalue weighted by molar-refractivity contribution is 7.80. The Balaban J connectivity index is 0.000000184. The predicted molar refractivity (Wildman–Crippen MR) is 185 cm³/mol. The molecule has 0 aliphatic heterocycles. The summed E-state index contributed by atoms with van der Waals surface area (Å²) < 4.78 is 10.4.